The van der Waals surface area contributed by atoms with E-state index in [1.54, 1.807) is 0 Å². The zero-order valence-electron chi connectivity index (χ0n) is 34.9. The third-order valence-electron chi connectivity index (χ3n) is 12.3. The Morgan fingerprint density at radius 3 is 1.86 bits per heavy atom. The second kappa shape index (κ2) is 15.2. The fourth-order valence-electron chi connectivity index (χ4n) is 8.65. The predicted octanol–water partition coefficient (Wildman–Crippen LogP) is 13.9. The molecule has 0 bridgehead atoms. The number of hydrogen-bond donors (Lipinski definition) is 1. The van der Waals surface area contributed by atoms with Crippen LogP contribution in [0.4, 0.5) is 0 Å². The number of para-hydroxylation sites is 2. The molecule has 1 aliphatic rings. The van der Waals surface area contributed by atoms with Gasteiger partial charge in [0.2, 0.25) is 0 Å². The van der Waals surface area contributed by atoms with Crippen molar-refractivity contribution in [2.45, 2.75) is 77.6 Å². The first kappa shape index (κ1) is 40.2. The van der Waals surface area contributed by atoms with Crippen molar-refractivity contribution < 1.29 is 26.2 Å². The summed E-state index contributed by atoms with van der Waals surface area (Å²) in [4.78, 5) is 10.4. The molecule has 0 aliphatic heterocycles. The summed E-state index contributed by atoms with van der Waals surface area (Å²) in [6, 6.07) is 52.7. The van der Waals surface area contributed by atoms with Gasteiger partial charge in [-0.2, -0.15) is 0 Å². The third-order valence-corrected chi connectivity index (χ3v) is 12.3. The van der Waals surface area contributed by atoms with Crippen LogP contribution in [0.15, 0.2) is 146 Å². The van der Waals surface area contributed by atoms with E-state index < -0.39 is 0 Å². The first-order valence-corrected chi connectivity index (χ1v) is 20.4. The topological polar surface area (TPSA) is 50.9 Å². The monoisotopic (exact) mass is 951 g/mol. The van der Waals surface area contributed by atoms with E-state index in [1.165, 1.54) is 27.8 Å². The maximum atomic E-state index is 11.9. The van der Waals surface area contributed by atoms with Gasteiger partial charge in [-0.25, -0.2) is 4.98 Å². The van der Waals surface area contributed by atoms with Crippen molar-refractivity contribution in [3.63, 3.8) is 0 Å². The van der Waals surface area contributed by atoms with Crippen LogP contribution in [0, 0.1) is 6.07 Å². The molecule has 0 spiro atoms. The number of aromatic hydroxyl groups is 1. The Hall–Kier alpha value is -5.57. The Morgan fingerprint density at radius 2 is 1.20 bits per heavy atom. The van der Waals surface area contributed by atoms with Gasteiger partial charge in [0, 0.05) is 38.6 Å². The number of pyridine rings is 1. The number of benzene rings is 6. The van der Waals surface area contributed by atoms with Crippen LogP contribution in [-0.2, 0) is 37.3 Å². The van der Waals surface area contributed by atoms with Gasteiger partial charge >= 0.3 is 0 Å². The molecule has 0 saturated carbocycles. The molecule has 1 aliphatic carbocycles. The number of phenols is 1. The smallest absolute Gasteiger partial charge is 0.148 e. The molecule has 4 nitrogen and oxygen atoms in total. The van der Waals surface area contributed by atoms with E-state index in [4.69, 9.17) is 9.97 Å². The van der Waals surface area contributed by atoms with Crippen molar-refractivity contribution in [1.82, 2.24) is 14.5 Å². The number of phenolic OH excluding ortho intramolecular Hbond substituents is 1. The molecule has 298 valence electrons. The van der Waals surface area contributed by atoms with E-state index in [0.29, 0.717) is 5.82 Å². The van der Waals surface area contributed by atoms with Crippen molar-refractivity contribution in [2.24, 2.45) is 0 Å². The normalized spacial score (nSPS) is 14.4. The Labute approximate surface area is 363 Å². The van der Waals surface area contributed by atoms with E-state index in [2.05, 4.69) is 180 Å². The molecule has 1 N–H and O–H groups in total. The Morgan fingerprint density at radius 1 is 0.610 bits per heavy atom. The Balaban J connectivity index is 0.00000484. The van der Waals surface area contributed by atoms with Crippen LogP contribution < -0.4 is 0 Å². The summed E-state index contributed by atoms with van der Waals surface area (Å²) >= 11 is 0. The SMILES string of the molecule is CC(C)(C)c1cc(-c2cc(-c3ccc(-c4ccccc4)cc3)ccn2)[c-]c(-c2cccc3c2nc(-c2cc4c(cc2O)C(C)(C)CCC4(C)C)n3-c2ccccc2)c1.[Pt]. The van der Waals surface area contributed by atoms with Crippen LogP contribution in [0.25, 0.3) is 72.7 Å². The van der Waals surface area contributed by atoms with Gasteiger partial charge < -0.3 is 5.11 Å². The number of imidazole rings is 1. The van der Waals surface area contributed by atoms with Gasteiger partial charge in [0.1, 0.15) is 11.6 Å². The largest absolute Gasteiger partial charge is 0.507 e. The molecule has 0 fully saturated rings. The van der Waals surface area contributed by atoms with Crippen molar-refractivity contribution in [2.75, 3.05) is 0 Å². The minimum atomic E-state index is -0.137. The molecule has 0 radical (unpaired) electrons. The standard InChI is InChI=1S/C54H50N3O.Pt/c1-52(2,3)41-30-39(29-40(31-41)47-32-38(25-28-55-47)37-23-21-36(22-24-37)35-15-10-8-11-16-35)43-19-14-20-48-50(43)56-51(57(48)42-17-12-9-13-18-42)44-33-45-46(34-49(44)58)54(6,7)27-26-53(45,4)5;/h8-25,28,30-34,58H,26-27H2,1-7H3;/q-1;. The number of fused-ring (bicyclic) bond motifs is 2. The second-order valence-electron chi connectivity index (χ2n) is 18.3. The van der Waals surface area contributed by atoms with Crippen molar-refractivity contribution in [3.05, 3.63) is 168 Å². The molecular weight excluding hydrogens is 902 g/mol. The molecule has 0 saturated heterocycles. The summed E-state index contributed by atoms with van der Waals surface area (Å²) in [6.45, 7) is 16.0. The van der Waals surface area contributed by atoms with E-state index in [0.717, 1.165) is 68.6 Å². The van der Waals surface area contributed by atoms with E-state index in [1.807, 2.05) is 24.4 Å². The minimum absolute atomic E-state index is 0. The third kappa shape index (κ3) is 7.49. The zero-order valence-corrected chi connectivity index (χ0v) is 37.1. The molecule has 9 rings (SSSR count). The number of rotatable bonds is 6. The van der Waals surface area contributed by atoms with Crippen molar-refractivity contribution in [3.8, 4) is 67.5 Å². The van der Waals surface area contributed by atoms with Crippen LogP contribution in [0.2, 0.25) is 0 Å². The fraction of sp³-hybridized carbons (Fsp3) is 0.222. The zero-order chi connectivity index (χ0) is 40.4. The molecule has 5 heteroatoms. The van der Waals surface area contributed by atoms with Gasteiger partial charge in [0.15, 0.2) is 0 Å². The molecule has 2 aromatic heterocycles. The number of aromatic nitrogens is 3. The van der Waals surface area contributed by atoms with Gasteiger partial charge in [-0.05, 0) is 98.9 Å². The second-order valence-corrected chi connectivity index (χ2v) is 18.3. The summed E-state index contributed by atoms with van der Waals surface area (Å²) in [5.41, 5.74) is 15.4. The van der Waals surface area contributed by atoms with Gasteiger partial charge in [-0.15, -0.1) is 29.3 Å². The number of hydrogen-bond acceptors (Lipinski definition) is 3. The van der Waals surface area contributed by atoms with Crippen LogP contribution >= 0.6 is 0 Å². The summed E-state index contributed by atoms with van der Waals surface area (Å²) in [5, 5.41) is 11.9. The first-order chi connectivity index (χ1) is 27.8. The molecule has 0 unspecified atom stereocenters. The maximum absolute atomic E-state index is 11.9. The van der Waals surface area contributed by atoms with Crippen LogP contribution in [-0.4, -0.2) is 19.6 Å². The molecule has 6 aromatic carbocycles. The first-order valence-electron chi connectivity index (χ1n) is 20.4. The number of nitrogens with zero attached hydrogens (tertiary/aromatic N) is 3. The average Bonchev–Trinajstić information content (AvgIpc) is 3.62. The quantitative estimate of drug-likeness (QED) is 0.169. The molecule has 0 atom stereocenters. The molecule has 8 aromatic rings. The van der Waals surface area contributed by atoms with Gasteiger partial charge in [-0.1, -0.05) is 151 Å². The van der Waals surface area contributed by atoms with E-state index >= 15 is 0 Å². The summed E-state index contributed by atoms with van der Waals surface area (Å²) in [6.07, 6.45) is 4.05. The average molecular weight is 952 g/mol. The van der Waals surface area contributed by atoms with Crippen LogP contribution in [0.3, 0.4) is 0 Å². The van der Waals surface area contributed by atoms with Crippen molar-refractivity contribution in [1.29, 1.82) is 0 Å². The van der Waals surface area contributed by atoms with Crippen LogP contribution in [0.5, 0.6) is 5.75 Å². The summed E-state index contributed by atoms with van der Waals surface area (Å²) in [7, 11) is 0. The molecule has 59 heavy (non-hydrogen) atoms. The Kier molecular flexibility index (Phi) is 10.4. The van der Waals surface area contributed by atoms with Gasteiger partial charge in [0.05, 0.1) is 16.6 Å². The Bertz CT molecular complexity index is 2810. The molecule has 2 heterocycles. The van der Waals surface area contributed by atoms with Gasteiger partial charge in [0.25, 0.3) is 0 Å². The summed E-state index contributed by atoms with van der Waals surface area (Å²) < 4.78 is 2.20. The minimum Gasteiger partial charge on any atom is -0.507 e. The fourth-order valence-corrected chi connectivity index (χ4v) is 8.65. The summed E-state index contributed by atoms with van der Waals surface area (Å²) in [5.74, 6) is 0.968. The van der Waals surface area contributed by atoms with E-state index in [-0.39, 0.29) is 43.1 Å². The van der Waals surface area contributed by atoms with Gasteiger partial charge in [-0.3, -0.25) is 9.55 Å². The predicted molar refractivity (Wildman–Crippen MR) is 241 cm³/mol. The maximum Gasteiger partial charge on any atom is 0.148 e. The van der Waals surface area contributed by atoms with Crippen LogP contribution in [0.1, 0.15) is 78.0 Å². The van der Waals surface area contributed by atoms with E-state index in [9.17, 15) is 5.11 Å². The van der Waals surface area contributed by atoms with Crippen molar-refractivity contribution >= 4 is 11.0 Å². The molecule has 0 amide bonds. The molecular formula is C54H50N3OPt-.